The highest BCUT2D eigenvalue weighted by atomic mass is 16.6. The molecular weight excluding hydrogens is 272 g/mol. The average molecular weight is 286 g/mol. The Morgan fingerprint density at radius 3 is 2.33 bits per heavy atom. The number of hydrogen-bond acceptors (Lipinski definition) is 4. The molecule has 0 aliphatic carbocycles. The van der Waals surface area contributed by atoms with Gasteiger partial charge in [0, 0.05) is 24.5 Å². The van der Waals surface area contributed by atoms with Gasteiger partial charge in [0.2, 0.25) is 0 Å². The minimum atomic E-state index is -1.21. The number of rotatable bonds is 4. The maximum Gasteiger partial charge on any atom is 0.313 e. The van der Waals surface area contributed by atoms with E-state index in [9.17, 15) is 20.0 Å². The van der Waals surface area contributed by atoms with E-state index < -0.39 is 16.3 Å². The van der Waals surface area contributed by atoms with E-state index in [2.05, 4.69) is 4.98 Å². The summed E-state index contributed by atoms with van der Waals surface area (Å²) >= 11 is 0. The predicted octanol–water partition coefficient (Wildman–Crippen LogP) is 3.02. The maximum absolute atomic E-state index is 11.4. The van der Waals surface area contributed by atoms with E-state index in [0.29, 0.717) is 11.1 Å². The quantitative estimate of drug-likeness (QED) is 0.688. The van der Waals surface area contributed by atoms with Crippen molar-refractivity contribution < 1.29 is 14.8 Å². The molecule has 0 unspecified atom stereocenters. The molecule has 1 N–H and O–H groups in total. The van der Waals surface area contributed by atoms with Gasteiger partial charge >= 0.3 is 5.97 Å². The Labute approximate surface area is 121 Å². The Balaban J connectivity index is 2.66. The number of carboxylic acid groups (broad SMARTS) is 1. The van der Waals surface area contributed by atoms with Gasteiger partial charge in [-0.2, -0.15) is 0 Å². The van der Waals surface area contributed by atoms with Gasteiger partial charge < -0.3 is 5.11 Å². The van der Waals surface area contributed by atoms with Crippen molar-refractivity contribution in [3.05, 3.63) is 58.4 Å². The Hall–Kier alpha value is -2.76. The van der Waals surface area contributed by atoms with E-state index in [1.54, 1.807) is 30.6 Å². The van der Waals surface area contributed by atoms with E-state index in [1.807, 2.05) is 0 Å². The van der Waals surface area contributed by atoms with Gasteiger partial charge in [-0.05, 0) is 48.7 Å². The van der Waals surface area contributed by atoms with Crippen LogP contribution in [0.15, 0.2) is 42.7 Å². The smallest absolute Gasteiger partial charge is 0.313 e. The second-order valence-electron chi connectivity index (χ2n) is 5.19. The summed E-state index contributed by atoms with van der Waals surface area (Å²) < 4.78 is 0. The van der Waals surface area contributed by atoms with Gasteiger partial charge in [-0.25, -0.2) is 0 Å². The number of hydrogen-bond donors (Lipinski definition) is 1. The molecule has 0 bridgehead atoms. The first-order chi connectivity index (χ1) is 9.82. The van der Waals surface area contributed by atoms with E-state index in [0.717, 1.165) is 5.56 Å². The van der Waals surface area contributed by atoms with Gasteiger partial charge in [0.1, 0.15) is 0 Å². The fourth-order valence-corrected chi connectivity index (χ4v) is 1.91. The lowest BCUT2D eigenvalue weighted by molar-refractivity contribution is -0.384. The number of benzene rings is 1. The van der Waals surface area contributed by atoms with Crippen LogP contribution in [0.3, 0.4) is 0 Å². The molecule has 1 heterocycles. The van der Waals surface area contributed by atoms with Crippen molar-refractivity contribution in [2.45, 2.75) is 19.3 Å². The van der Waals surface area contributed by atoms with Crippen LogP contribution in [0.5, 0.6) is 0 Å². The van der Waals surface area contributed by atoms with Gasteiger partial charge in [-0.3, -0.25) is 19.9 Å². The second kappa shape index (κ2) is 5.32. The number of nitro benzene ring substituents is 1. The number of nitro groups is 1. The number of nitrogens with zero attached hydrogens (tertiary/aromatic N) is 2. The summed E-state index contributed by atoms with van der Waals surface area (Å²) in [6.07, 6.45) is 3.16. The Morgan fingerprint density at radius 2 is 1.81 bits per heavy atom. The van der Waals surface area contributed by atoms with Gasteiger partial charge in [-0.1, -0.05) is 0 Å². The van der Waals surface area contributed by atoms with Crippen LogP contribution in [-0.4, -0.2) is 21.0 Å². The molecule has 0 aliphatic rings. The van der Waals surface area contributed by atoms with Crippen molar-refractivity contribution in [2.24, 2.45) is 0 Å². The fraction of sp³-hybridized carbons (Fsp3) is 0.200. The molecule has 0 aliphatic heterocycles. The van der Waals surface area contributed by atoms with Crippen molar-refractivity contribution >= 4 is 11.7 Å². The second-order valence-corrected chi connectivity index (χ2v) is 5.19. The molecule has 0 saturated heterocycles. The molecule has 0 fully saturated rings. The summed E-state index contributed by atoms with van der Waals surface area (Å²) in [6.45, 7) is 3.04. The van der Waals surface area contributed by atoms with E-state index in [4.69, 9.17) is 0 Å². The Kier molecular flexibility index (Phi) is 3.71. The minimum absolute atomic E-state index is 0.131. The third-order valence-electron chi connectivity index (χ3n) is 3.40. The first-order valence-electron chi connectivity index (χ1n) is 6.26. The summed E-state index contributed by atoms with van der Waals surface area (Å²) in [5.74, 6) is -1.04. The summed E-state index contributed by atoms with van der Waals surface area (Å²) in [6, 6.07) is 7.83. The number of carboxylic acids is 1. The molecule has 2 aromatic rings. The van der Waals surface area contributed by atoms with Crippen LogP contribution >= 0.6 is 0 Å². The van der Waals surface area contributed by atoms with Gasteiger partial charge in [0.15, 0.2) is 0 Å². The Morgan fingerprint density at radius 1 is 1.19 bits per heavy atom. The van der Waals surface area contributed by atoms with Crippen molar-refractivity contribution in [1.82, 2.24) is 4.98 Å². The van der Waals surface area contributed by atoms with Gasteiger partial charge in [-0.15, -0.1) is 0 Å². The zero-order valence-electron chi connectivity index (χ0n) is 11.6. The van der Waals surface area contributed by atoms with Crippen LogP contribution < -0.4 is 0 Å². The molecule has 6 nitrogen and oxygen atoms in total. The SMILES string of the molecule is CC(C)(C(=O)O)c1cc(-c2ccncc2)cc([N+](=O)[O-])c1. The van der Waals surface area contributed by atoms with Crippen LogP contribution in [0.2, 0.25) is 0 Å². The molecular formula is C15H14N2O4. The summed E-state index contributed by atoms with van der Waals surface area (Å²) in [5, 5.41) is 20.4. The van der Waals surface area contributed by atoms with Gasteiger partial charge in [0.05, 0.1) is 10.3 Å². The van der Waals surface area contributed by atoms with Crippen LogP contribution in [0.4, 0.5) is 5.69 Å². The normalized spacial score (nSPS) is 11.1. The van der Waals surface area contributed by atoms with Crippen LogP contribution in [0, 0.1) is 10.1 Å². The lowest BCUT2D eigenvalue weighted by Crippen LogP contribution is -2.28. The molecule has 0 saturated carbocycles. The molecule has 0 radical (unpaired) electrons. The zero-order valence-corrected chi connectivity index (χ0v) is 11.6. The van der Waals surface area contributed by atoms with E-state index in [-0.39, 0.29) is 5.69 Å². The van der Waals surface area contributed by atoms with E-state index >= 15 is 0 Å². The standard InChI is InChI=1S/C15H14N2O4/c1-15(2,14(18)19)12-7-11(8-13(9-12)17(20)21)10-3-5-16-6-4-10/h3-9H,1-2H3,(H,18,19). The number of pyridine rings is 1. The average Bonchev–Trinajstić information content (AvgIpc) is 2.47. The summed E-state index contributed by atoms with van der Waals surface area (Å²) in [5.41, 5.74) is 0.380. The highest BCUT2D eigenvalue weighted by Gasteiger charge is 2.31. The molecule has 0 spiro atoms. The molecule has 0 amide bonds. The monoisotopic (exact) mass is 286 g/mol. The molecule has 21 heavy (non-hydrogen) atoms. The first-order valence-corrected chi connectivity index (χ1v) is 6.26. The lowest BCUT2D eigenvalue weighted by atomic mass is 9.83. The van der Waals surface area contributed by atoms with Gasteiger partial charge in [0.25, 0.3) is 5.69 Å². The largest absolute Gasteiger partial charge is 0.481 e. The van der Waals surface area contributed by atoms with Crippen molar-refractivity contribution in [3.8, 4) is 11.1 Å². The van der Waals surface area contributed by atoms with E-state index in [1.165, 1.54) is 26.0 Å². The predicted molar refractivity (Wildman–Crippen MR) is 77.0 cm³/mol. The molecule has 1 aromatic heterocycles. The molecule has 2 rings (SSSR count). The molecule has 0 atom stereocenters. The topological polar surface area (TPSA) is 93.3 Å². The fourth-order valence-electron chi connectivity index (χ4n) is 1.91. The minimum Gasteiger partial charge on any atom is -0.481 e. The highest BCUT2D eigenvalue weighted by Crippen LogP contribution is 2.32. The summed E-state index contributed by atoms with van der Waals surface area (Å²) in [4.78, 5) is 25.8. The molecule has 108 valence electrons. The number of non-ortho nitro benzene ring substituents is 1. The zero-order chi connectivity index (χ0) is 15.6. The van der Waals surface area contributed by atoms with Crippen LogP contribution in [0.1, 0.15) is 19.4 Å². The number of carbonyl (C=O) groups is 1. The Bertz CT molecular complexity index is 696. The molecule has 1 aromatic carbocycles. The highest BCUT2D eigenvalue weighted by molar-refractivity contribution is 5.82. The van der Waals surface area contributed by atoms with Crippen molar-refractivity contribution in [3.63, 3.8) is 0 Å². The first kappa shape index (κ1) is 14.6. The maximum atomic E-state index is 11.4. The van der Waals surface area contributed by atoms with Crippen LogP contribution in [0.25, 0.3) is 11.1 Å². The third kappa shape index (κ3) is 2.89. The van der Waals surface area contributed by atoms with Crippen LogP contribution in [-0.2, 0) is 10.2 Å². The number of aromatic nitrogens is 1. The summed E-state index contributed by atoms with van der Waals surface area (Å²) in [7, 11) is 0. The van der Waals surface area contributed by atoms with Crippen molar-refractivity contribution in [1.29, 1.82) is 0 Å². The third-order valence-corrected chi connectivity index (χ3v) is 3.40. The molecule has 6 heteroatoms. The van der Waals surface area contributed by atoms with Crippen molar-refractivity contribution in [2.75, 3.05) is 0 Å². The number of aliphatic carboxylic acids is 1. The lowest BCUT2D eigenvalue weighted by Gasteiger charge is -2.20.